The Hall–Kier alpha value is 0.640. The van der Waals surface area contributed by atoms with Crippen LogP contribution in [0.2, 0.25) is 0 Å². The maximum absolute atomic E-state index is 2.31. The highest BCUT2D eigenvalue weighted by molar-refractivity contribution is 7.97. The molecular formula is C6H13ClS. The van der Waals surface area contributed by atoms with E-state index >= 15 is 0 Å². The standard InChI is InChI=1S/C6H13S.ClH/c1-2-7-5-3-4-6-7;/h2-6H2,1H3;1H/q+1;/p-1. The predicted octanol–water partition coefficient (Wildman–Crippen LogP) is -1.58. The molecule has 0 atom stereocenters. The first kappa shape index (κ1) is 8.64. The van der Waals surface area contributed by atoms with Crippen molar-refractivity contribution < 1.29 is 12.4 Å². The molecule has 50 valence electrons. The second-order valence-electron chi connectivity index (χ2n) is 2.02. The molecule has 2 heteroatoms. The van der Waals surface area contributed by atoms with Gasteiger partial charge in [-0.15, -0.1) is 0 Å². The number of rotatable bonds is 1. The lowest BCUT2D eigenvalue weighted by atomic mass is 10.4. The van der Waals surface area contributed by atoms with Crippen molar-refractivity contribution >= 4 is 10.9 Å². The Kier molecular flexibility index (Phi) is 4.87. The van der Waals surface area contributed by atoms with Gasteiger partial charge in [-0.05, 0) is 30.7 Å². The van der Waals surface area contributed by atoms with E-state index < -0.39 is 0 Å². The average Bonchev–Trinajstić information content (AvgIpc) is 2.14. The summed E-state index contributed by atoms with van der Waals surface area (Å²) in [4.78, 5) is 0. The Morgan fingerprint density at radius 1 is 1.25 bits per heavy atom. The zero-order chi connectivity index (χ0) is 5.11. The summed E-state index contributed by atoms with van der Waals surface area (Å²) in [5, 5.41) is 0. The molecule has 0 bridgehead atoms. The third-order valence-electron chi connectivity index (χ3n) is 1.52. The fourth-order valence-corrected chi connectivity index (χ4v) is 3.01. The van der Waals surface area contributed by atoms with Gasteiger partial charge in [-0.2, -0.15) is 0 Å². The Morgan fingerprint density at radius 2 is 1.75 bits per heavy atom. The molecule has 1 saturated heterocycles. The SMILES string of the molecule is CC[S+]1CCCC1.[Cl-]. The second kappa shape index (κ2) is 4.51. The first-order valence-electron chi connectivity index (χ1n) is 3.07. The van der Waals surface area contributed by atoms with Crippen molar-refractivity contribution in [2.45, 2.75) is 19.8 Å². The Labute approximate surface area is 60.8 Å². The first-order chi connectivity index (χ1) is 3.43. The molecule has 1 fully saturated rings. The summed E-state index contributed by atoms with van der Waals surface area (Å²) in [7, 11) is 0.866. The lowest BCUT2D eigenvalue weighted by molar-refractivity contribution is -0.00000154. The molecule has 1 aliphatic heterocycles. The van der Waals surface area contributed by atoms with Crippen molar-refractivity contribution in [2.75, 3.05) is 17.3 Å². The lowest BCUT2D eigenvalue weighted by Gasteiger charge is -1.90. The first-order valence-corrected chi connectivity index (χ1v) is 4.81. The minimum absolute atomic E-state index is 0. The average molecular weight is 153 g/mol. The van der Waals surface area contributed by atoms with Gasteiger partial charge in [0.05, 0.1) is 0 Å². The van der Waals surface area contributed by atoms with Gasteiger partial charge in [0, 0.05) is 0 Å². The van der Waals surface area contributed by atoms with Crippen LogP contribution in [0.3, 0.4) is 0 Å². The normalized spacial score (nSPS) is 20.6. The molecule has 0 N–H and O–H groups in total. The summed E-state index contributed by atoms with van der Waals surface area (Å²) in [6.45, 7) is 2.31. The van der Waals surface area contributed by atoms with Crippen molar-refractivity contribution in [3.8, 4) is 0 Å². The van der Waals surface area contributed by atoms with Gasteiger partial charge in [-0.25, -0.2) is 0 Å². The van der Waals surface area contributed by atoms with Crippen LogP contribution in [-0.2, 0) is 10.9 Å². The van der Waals surface area contributed by atoms with Gasteiger partial charge >= 0.3 is 0 Å². The molecular weight excluding hydrogens is 140 g/mol. The van der Waals surface area contributed by atoms with Crippen molar-refractivity contribution in [1.82, 2.24) is 0 Å². The topological polar surface area (TPSA) is 0 Å². The molecule has 0 nitrogen and oxygen atoms in total. The fourth-order valence-electron chi connectivity index (χ4n) is 1.00. The van der Waals surface area contributed by atoms with Crippen LogP contribution in [0.15, 0.2) is 0 Å². The minimum Gasteiger partial charge on any atom is -1.00 e. The number of hydrogen-bond donors (Lipinski definition) is 0. The molecule has 0 amide bonds. The van der Waals surface area contributed by atoms with Crippen LogP contribution in [0.25, 0.3) is 0 Å². The highest BCUT2D eigenvalue weighted by Gasteiger charge is 2.20. The Bertz CT molecular complexity index is 50.5. The molecule has 0 saturated carbocycles. The van der Waals surface area contributed by atoms with Crippen molar-refractivity contribution in [3.05, 3.63) is 0 Å². The van der Waals surface area contributed by atoms with Gasteiger partial charge < -0.3 is 12.4 Å². The molecule has 1 aliphatic rings. The molecule has 0 aliphatic carbocycles. The summed E-state index contributed by atoms with van der Waals surface area (Å²) < 4.78 is 0. The maximum Gasteiger partial charge on any atom is 0.108 e. The monoisotopic (exact) mass is 152 g/mol. The van der Waals surface area contributed by atoms with Gasteiger partial charge in [-0.3, -0.25) is 0 Å². The summed E-state index contributed by atoms with van der Waals surface area (Å²) in [6.07, 6.45) is 3.02. The minimum atomic E-state index is 0. The molecule has 1 rings (SSSR count). The molecule has 0 radical (unpaired) electrons. The van der Waals surface area contributed by atoms with Crippen LogP contribution in [0.4, 0.5) is 0 Å². The van der Waals surface area contributed by atoms with Crippen LogP contribution in [-0.4, -0.2) is 17.3 Å². The second-order valence-corrected chi connectivity index (χ2v) is 4.63. The van der Waals surface area contributed by atoms with Crippen LogP contribution in [0.1, 0.15) is 19.8 Å². The molecule has 8 heavy (non-hydrogen) atoms. The van der Waals surface area contributed by atoms with E-state index in [1.807, 2.05) is 0 Å². The van der Waals surface area contributed by atoms with Crippen molar-refractivity contribution in [1.29, 1.82) is 0 Å². The van der Waals surface area contributed by atoms with E-state index in [-0.39, 0.29) is 12.4 Å². The van der Waals surface area contributed by atoms with Gasteiger partial charge in [0.15, 0.2) is 0 Å². The van der Waals surface area contributed by atoms with Crippen molar-refractivity contribution in [3.63, 3.8) is 0 Å². The van der Waals surface area contributed by atoms with Gasteiger partial charge in [0.2, 0.25) is 0 Å². The summed E-state index contributed by atoms with van der Waals surface area (Å²) in [5.74, 6) is 4.52. The molecule has 1 heterocycles. The predicted molar refractivity (Wildman–Crippen MR) is 36.9 cm³/mol. The van der Waals surface area contributed by atoms with E-state index in [0.29, 0.717) is 0 Å². The zero-order valence-electron chi connectivity index (χ0n) is 5.32. The van der Waals surface area contributed by atoms with Gasteiger partial charge in [0.25, 0.3) is 0 Å². The highest BCUT2D eigenvalue weighted by Crippen LogP contribution is 2.11. The summed E-state index contributed by atoms with van der Waals surface area (Å²) in [6, 6.07) is 0. The third kappa shape index (κ3) is 2.27. The van der Waals surface area contributed by atoms with Crippen LogP contribution in [0, 0.1) is 0 Å². The zero-order valence-corrected chi connectivity index (χ0v) is 6.89. The molecule has 0 aromatic rings. The van der Waals surface area contributed by atoms with E-state index in [1.54, 1.807) is 0 Å². The summed E-state index contributed by atoms with van der Waals surface area (Å²) >= 11 is 0. The smallest absolute Gasteiger partial charge is 0.108 e. The molecule has 0 aromatic carbocycles. The van der Waals surface area contributed by atoms with Gasteiger partial charge in [0.1, 0.15) is 17.3 Å². The quantitative estimate of drug-likeness (QED) is 0.398. The summed E-state index contributed by atoms with van der Waals surface area (Å²) in [5.41, 5.74) is 0. The molecule has 0 unspecified atom stereocenters. The van der Waals surface area contributed by atoms with E-state index in [0.717, 1.165) is 10.9 Å². The Morgan fingerprint density at radius 3 is 2.00 bits per heavy atom. The van der Waals surface area contributed by atoms with E-state index in [9.17, 15) is 0 Å². The Balaban J connectivity index is 0.000000490. The lowest BCUT2D eigenvalue weighted by Crippen LogP contribution is -3.00. The number of hydrogen-bond acceptors (Lipinski definition) is 0. The van der Waals surface area contributed by atoms with E-state index in [2.05, 4.69) is 6.92 Å². The maximum atomic E-state index is 2.31. The highest BCUT2D eigenvalue weighted by atomic mass is 35.5. The van der Waals surface area contributed by atoms with Crippen LogP contribution in [0.5, 0.6) is 0 Å². The number of halogens is 1. The van der Waals surface area contributed by atoms with E-state index in [1.165, 1.54) is 30.1 Å². The molecule has 0 spiro atoms. The fraction of sp³-hybridized carbons (Fsp3) is 1.00. The van der Waals surface area contributed by atoms with Gasteiger partial charge in [-0.1, -0.05) is 0 Å². The largest absolute Gasteiger partial charge is 1.00 e. The van der Waals surface area contributed by atoms with Crippen LogP contribution < -0.4 is 12.4 Å². The third-order valence-corrected chi connectivity index (χ3v) is 4.07. The van der Waals surface area contributed by atoms with Crippen LogP contribution >= 0.6 is 0 Å². The van der Waals surface area contributed by atoms with Crippen molar-refractivity contribution in [2.24, 2.45) is 0 Å². The van der Waals surface area contributed by atoms with E-state index in [4.69, 9.17) is 0 Å². The molecule has 0 aromatic heterocycles.